The molecule has 1 aliphatic rings. The third kappa shape index (κ3) is 4.58. The molecule has 7 heteroatoms. The van der Waals surface area contributed by atoms with Crippen LogP contribution in [0.25, 0.3) is 10.9 Å². The molecule has 0 aliphatic carbocycles. The summed E-state index contributed by atoms with van der Waals surface area (Å²) in [4.78, 5) is 6.83. The van der Waals surface area contributed by atoms with Crippen LogP contribution in [0.3, 0.4) is 0 Å². The fraction of sp³-hybridized carbons (Fsp3) is 0.227. The summed E-state index contributed by atoms with van der Waals surface area (Å²) < 4.78 is 0. The summed E-state index contributed by atoms with van der Waals surface area (Å²) >= 11 is 11.6. The molecule has 2 heterocycles. The minimum atomic E-state index is 0.313. The Morgan fingerprint density at radius 2 is 2.00 bits per heavy atom. The van der Waals surface area contributed by atoms with Crippen molar-refractivity contribution in [3.05, 3.63) is 65.3 Å². The maximum absolute atomic E-state index is 9.01. The summed E-state index contributed by atoms with van der Waals surface area (Å²) in [5.41, 5.74) is 3.54. The summed E-state index contributed by atoms with van der Waals surface area (Å²) in [7, 11) is 0. The average Bonchev–Trinajstić information content (AvgIpc) is 2.73. The van der Waals surface area contributed by atoms with Gasteiger partial charge in [0.1, 0.15) is 0 Å². The molecule has 1 fully saturated rings. The monoisotopic (exact) mass is 421 g/mol. The van der Waals surface area contributed by atoms with E-state index in [1.54, 1.807) is 12.1 Å². The highest BCUT2D eigenvalue weighted by Gasteiger charge is 2.21. The maximum Gasteiger partial charge on any atom is 0.170 e. The van der Waals surface area contributed by atoms with Crippen molar-refractivity contribution in [2.45, 2.75) is 18.9 Å². The van der Waals surface area contributed by atoms with Crippen LogP contribution in [0.5, 0.6) is 0 Å². The Morgan fingerprint density at radius 1 is 1.17 bits per heavy atom. The summed E-state index contributed by atoms with van der Waals surface area (Å²) in [6.45, 7) is 1.87. The first-order valence-corrected chi connectivity index (χ1v) is 10.3. The summed E-state index contributed by atoms with van der Waals surface area (Å²) in [6, 6.07) is 17.7. The van der Waals surface area contributed by atoms with Crippen LogP contribution in [0.1, 0.15) is 18.4 Å². The highest BCUT2D eigenvalue weighted by Crippen LogP contribution is 2.29. The van der Waals surface area contributed by atoms with Crippen molar-refractivity contribution in [1.29, 1.82) is 5.26 Å². The number of hydrogen-bond acceptors (Lipinski definition) is 4. The van der Waals surface area contributed by atoms with E-state index in [1.807, 2.05) is 36.5 Å². The van der Waals surface area contributed by atoms with Gasteiger partial charge in [0.2, 0.25) is 0 Å². The number of anilines is 2. The Bertz CT molecular complexity index is 1090. The van der Waals surface area contributed by atoms with Gasteiger partial charge < -0.3 is 15.5 Å². The number of halogens is 1. The van der Waals surface area contributed by atoms with E-state index in [9.17, 15) is 0 Å². The fourth-order valence-electron chi connectivity index (χ4n) is 3.67. The first kappa shape index (κ1) is 19.4. The Balaban J connectivity index is 1.36. The lowest BCUT2D eigenvalue weighted by molar-refractivity contribution is 0.468. The third-order valence-electron chi connectivity index (χ3n) is 5.10. The molecule has 1 aliphatic heterocycles. The van der Waals surface area contributed by atoms with Crippen molar-refractivity contribution >= 4 is 51.2 Å². The SMILES string of the molecule is N#Cc1cccc(NC(=S)NC2CCN(c3ccnc4cc(Cl)ccc34)CC2)c1. The lowest BCUT2D eigenvalue weighted by atomic mass is 10.0. The predicted molar refractivity (Wildman–Crippen MR) is 123 cm³/mol. The van der Waals surface area contributed by atoms with Crippen LogP contribution in [-0.2, 0) is 0 Å². The van der Waals surface area contributed by atoms with Crippen LogP contribution >= 0.6 is 23.8 Å². The van der Waals surface area contributed by atoms with Crippen molar-refractivity contribution < 1.29 is 0 Å². The molecule has 1 saturated heterocycles. The van der Waals surface area contributed by atoms with Crippen LogP contribution in [-0.4, -0.2) is 29.2 Å². The molecule has 0 unspecified atom stereocenters. The summed E-state index contributed by atoms with van der Waals surface area (Å²) in [6.07, 6.45) is 3.81. The standard InChI is InChI=1S/C22H20ClN5S/c23-16-4-5-19-20(13-16)25-9-6-21(19)28-10-7-17(8-11-28)26-22(29)27-18-3-1-2-15(12-18)14-24/h1-6,9,12-13,17H,7-8,10-11H2,(H2,26,27,29). The Labute approximate surface area is 180 Å². The number of hydrogen-bond donors (Lipinski definition) is 2. The number of aromatic nitrogens is 1. The van der Waals surface area contributed by atoms with E-state index < -0.39 is 0 Å². The zero-order chi connectivity index (χ0) is 20.2. The van der Waals surface area contributed by atoms with Gasteiger partial charge in [0.25, 0.3) is 0 Å². The number of thiocarbonyl (C=S) groups is 1. The van der Waals surface area contributed by atoms with Crippen molar-refractivity contribution in [2.24, 2.45) is 0 Å². The number of rotatable bonds is 3. The molecule has 0 bridgehead atoms. The van der Waals surface area contributed by atoms with Crippen LogP contribution < -0.4 is 15.5 Å². The first-order chi connectivity index (χ1) is 14.1. The van der Waals surface area contributed by atoms with Gasteiger partial charge in [-0.25, -0.2) is 0 Å². The van der Waals surface area contributed by atoms with Crippen LogP contribution in [0.4, 0.5) is 11.4 Å². The van der Waals surface area contributed by atoms with Gasteiger partial charge in [0.05, 0.1) is 17.1 Å². The van der Waals surface area contributed by atoms with E-state index in [0.29, 0.717) is 21.7 Å². The lowest BCUT2D eigenvalue weighted by Crippen LogP contribution is -2.46. The van der Waals surface area contributed by atoms with E-state index in [0.717, 1.165) is 42.5 Å². The third-order valence-corrected chi connectivity index (χ3v) is 5.56. The molecule has 2 aromatic carbocycles. The molecule has 29 heavy (non-hydrogen) atoms. The highest BCUT2D eigenvalue weighted by atomic mass is 35.5. The van der Waals surface area contributed by atoms with Crippen LogP contribution in [0, 0.1) is 11.3 Å². The number of nitriles is 1. The van der Waals surface area contributed by atoms with Crippen LogP contribution in [0.15, 0.2) is 54.7 Å². The average molecular weight is 422 g/mol. The number of nitrogens with one attached hydrogen (secondary N) is 2. The maximum atomic E-state index is 9.01. The zero-order valence-electron chi connectivity index (χ0n) is 15.7. The van der Waals surface area contributed by atoms with Crippen molar-refractivity contribution in [2.75, 3.05) is 23.3 Å². The smallest absolute Gasteiger partial charge is 0.170 e. The number of pyridine rings is 1. The van der Waals surface area contributed by atoms with Gasteiger partial charge in [-0.15, -0.1) is 0 Å². The predicted octanol–water partition coefficient (Wildman–Crippen LogP) is 4.72. The van der Waals surface area contributed by atoms with Gasteiger partial charge in [-0.3, -0.25) is 4.98 Å². The molecule has 0 atom stereocenters. The van der Waals surface area contributed by atoms with Gasteiger partial charge in [-0.1, -0.05) is 17.7 Å². The van der Waals surface area contributed by atoms with Crippen LogP contribution in [0.2, 0.25) is 5.02 Å². The number of piperidine rings is 1. The summed E-state index contributed by atoms with van der Waals surface area (Å²) in [5, 5.41) is 18.0. The van der Waals surface area contributed by atoms with Gasteiger partial charge in [-0.05, 0) is 67.5 Å². The second-order valence-electron chi connectivity index (χ2n) is 7.04. The second kappa shape index (κ2) is 8.64. The quantitative estimate of drug-likeness (QED) is 0.597. The van der Waals surface area contributed by atoms with Gasteiger partial charge in [0, 0.05) is 47.1 Å². The second-order valence-corrected chi connectivity index (χ2v) is 7.89. The molecule has 0 saturated carbocycles. The Kier molecular flexibility index (Phi) is 5.79. The van der Waals surface area contributed by atoms with Gasteiger partial charge in [0.15, 0.2) is 5.11 Å². The van der Waals surface area contributed by atoms with Crippen molar-refractivity contribution in [3.8, 4) is 6.07 Å². The molecule has 2 N–H and O–H groups in total. The molecular weight excluding hydrogens is 402 g/mol. The first-order valence-electron chi connectivity index (χ1n) is 9.49. The van der Waals surface area contributed by atoms with E-state index in [1.165, 1.54) is 5.69 Å². The fourth-order valence-corrected chi connectivity index (χ4v) is 4.12. The molecule has 1 aromatic heterocycles. The van der Waals surface area contributed by atoms with E-state index in [4.69, 9.17) is 29.1 Å². The molecular formula is C22H20ClN5S. The Hall–Kier alpha value is -2.88. The molecule has 3 aromatic rings. The normalized spacial score (nSPS) is 14.4. The largest absolute Gasteiger partial charge is 0.371 e. The van der Waals surface area contributed by atoms with E-state index >= 15 is 0 Å². The lowest BCUT2D eigenvalue weighted by Gasteiger charge is -2.35. The Morgan fingerprint density at radius 3 is 2.79 bits per heavy atom. The molecule has 4 rings (SSSR count). The van der Waals surface area contributed by atoms with E-state index in [2.05, 4.69) is 32.7 Å². The van der Waals surface area contributed by atoms with Crippen molar-refractivity contribution in [3.63, 3.8) is 0 Å². The minimum Gasteiger partial charge on any atom is -0.371 e. The molecule has 0 amide bonds. The number of nitrogens with zero attached hydrogens (tertiary/aromatic N) is 3. The topological polar surface area (TPSA) is 64.0 Å². The highest BCUT2D eigenvalue weighted by molar-refractivity contribution is 7.80. The molecule has 146 valence electrons. The molecule has 5 nitrogen and oxygen atoms in total. The van der Waals surface area contributed by atoms with Crippen molar-refractivity contribution in [1.82, 2.24) is 10.3 Å². The number of benzene rings is 2. The molecule has 0 spiro atoms. The summed E-state index contributed by atoms with van der Waals surface area (Å²) in [5.74, 6) is 0. The minimum absolute atomic E-state index is 0.313. The molecule has 0 radical (unpaired) electrons. The van der Waals surface area contributed by atoms with Gasteiger partial charge >= 0.3 is 0 Å². The van der Waals surface area contributed by atoms with Gasteiger partial charge in [-0.2, -0.15) is 5.26 Å². The van der Waals surface area contributed by atoms with E-state index in [-0.39, 0.29) is 0 Å². The zero-order valence-corrected chi connectivity index (χ0v) is 17.3. The number of fused-ring (bicyclic) bond motifs is 1.